The van der Waals surface area contributed by atoms with Crippen LogP contribution in [0.2, 0.25) is 0 Å². The number of hydrogen-bond donors (Lipinski definition) is 0. The summed E-state index contributed by atoms with van der Waals surface area (Å²) in [6.07, 6.45) is 0. The Hall–Kier alpha value is 1.59. The normalized spacial score (nSPS) is 7.38. The first kappa shape index (κ1) is 22.6. The molecule has 0 unspecified atom stereocenters. The molecule has 0 aromatic rings. The quantitative estimate of drug-likeness (QED) is 0.351. The smallest absolute Gasteiger partial charge is 0 e. The Labute approximate surface area is 76.4 Å². The first-order valence-corrected chi connectivity index (χ1v) is 2.19. The Kier molecular flexibility index (Phi) is 24.3. The molecule has 0 amide bonds. The topological polar surface area (TPSA) is 86.2 Å². The van der Waals surface area contributed by atoms with E-state index >= 15 is 0 Å². The summed E-state index contributed by atoms with van der Waals surface area (Å²) in [7, 11) is -5.39. The molecule has 0 radical (unpaired) electrons. The van der Waals surface area contributed by atoms with Crippen LogP contribution < -0.4 is 14.7 Å². The maximum Gasteiger partial charge on any atom is 0 e. The van der Waals surface area contributed by atoms with E-state index in [1.54, 1.807) is 0 Å². The molecule has 0 aliphatic carbocycles. The van der Waals surface area contributed by atoms with Crippen molar-refractivity contribution in [2.75, 3.05) is 0 Å². The van der Waals surface area contributed by atoms with Crippen molar-refractivity contribution in [3.8, 4) is 0 Å². The van der Waals surface area contributed by atoms with E-state index in [2.05, 4.69) is 0 Å². The van der Waals surface area contributed by atoms with E-state index in [0.29, 0.717) is 0 Å². The van der Waals surface area contributed by atoms with Crippen molar-refractivity contribution in [1.82, 2.24) is 0 Å². The average Bonchev–Trinajstić information content (AvgIpc) is 0.722. The van der Waals surface area contributed by atoms with Gasteiger partial charge in [0.25, 0.3) is 0 Å². The van der Waals surface area contributed by atoms with E-state index < -0.39 is 7.82 Å². The predicted molar refractivity (Wildman–Crippen MR) is 7.61 cm³/mol. The van der Waals surface area contributed by atoms with Gasteiger partial charge in [-0.2, -0.15) is 7.82 Å². The minimum atomic E-state index is -5.39. The van der Waals surface area contributed by atoms with Crippen molar-refractivity contribution in [1.29, 1.82) is 0 Å². The van der Waals surface area contributed by atoms with Crippen LogP contribution >= 0.6 is 7.82 Å². The van der Waals surface area contributed by atoms with Gasteiger partial charge in [-0.05, 0) is 0 Å². The van der Waals surface area contributed by atoms with Crippen LogP contribution in [0.1, 0.15) is 0 Å². The fourth-order valence-electron chi connectivity index (χ4n) is 0. The molecule has 62 valence electrons. The van der Waals surface area contributed by atoms with Gasteiger partial charge in [0.2, 0.25) is 0 Å². The Balaban J connectivity index is -0.0000000267. The second kappa shape index (κ2) is 8.59. The van der Waals surface area contributed by atoms with Gasteiger partial charge in [-0.15, -0.1) is 0 Å². The summed E-state index contributed by atoms with van der Waals surface area (Å²) in [5.74, 6) is 0. The third-order valence-electron chi connectivity index (χ3n) is 0. The SMILES string of the molecule is O=P([O-])([O-])[O-].[Ni].[Ni].[Ni]. The summed E-state index contributed by atoms with van der Waals surface area (Å²) < 4.78 is 8.55. The monoisotopic (exact) mass is 269 g/mol. The Morgan fingerprint density at radius 3 is 0.875 bits per heavy atom. The van der Waals surface area contributed by atoms with Crippen LogP contribution in [0.3, 0.4) is 0 Å². The maximum atomic E-state index is 8.55. The summed E-state index contributed by atoms with van der Waals surface area (Å²) in [6.45, 7) is 0. The van der Waals surface area contributed by atoms with E-state index in [9.17, 15) is 0 Å². The molecule has 0 rings (SSSR count). The second-order valence-electron chi connectivity index (χ2n) is 0.447. The van der Waals surface area contributed by atoms with Crippen LogP contribution in [-0.4, -0.2) is 0 Å². The third-order valence-corrected chi connectivity index (χ3v) is 0. The summed E-state index contributed by atoms with van der Waals surface area (Å²) in [6, 6.07) is 0. The van der Waals surface area contributed by atoms with E-state index in [-0.39, 0.29) is 49.5 Å². The number of rotatable bonds is 0. The van der Waals surface area contributed by atoms with Gasteiger partial charge in [-0.1, -0.05) is 0 Å². The molecule has 0 saturated carbocycles. The van der Waals surface area contributed by atoms with Crippen LogP contribution in [-0.2, 0) is 54.0 Å². The predicted octanol–water partition coefficient (Wildman–Crippen LogP) is -2.83. The molecule has 8 heteroatoms. The van der Waals surface area contributed by atoms with Gasteiger partial charge in [-0.3, -0.25) is 0 Å². The van der Waals surface area contributed by atoms with E-state index in [0.717, 1.165) is 0 Å². The zero-order valence-corrected chi connectivity index (χ0v) is 6.89. The van der Waals surface area contributed by atoms with Gasteiger partial charge in [0.15, 0.2) is 0 Å². The first-order chi connectivity index (χ1) is 2.00. The average molecular weight is 271 g/mol. The van der Waals surface area contributed by atoms with E-state index in [1.807, 2.05) is 0 Å². The molecule has 0 bridgehead atoms. The van der Waals surface area contributed by atoms with Crippen molar-refractivity contribution in [3.05, 3.63) is 0 Å². The van der Waals surface area contributed by atoms with Crippen molar-refractivity contribution in [2.45, 2.75) is 0 Å². The molecule has 4 nitrogen and oxygen atoms in total. The van der Waals surface area contributed by atoms with Crippen LogP contribution in [0.25, 0.3) is 0 Å². The third kappa shape index (κ3) is 130. The Bertz CT molecular complexity index is 57.4. The van der Waals surface area contributed by atoms with Gasteiger partial charge in [0.1, 0.15) is 0 Å². The zero-order chi connectivity index (χ0) is 4.50. The van der Waals surface area contributed by atoms with Gasteiger partial charge in [0, 0.05) is 49.5 Å². The molecule has 0 atom stereocenters. The zero-order valence-electron chi connectivity index (χ0n) is 3.03. The van der Waals surface area contributed by atoms with Crippen molar-refractivity contribution < 1.29 is 68.7 Å². The number of phosphoric acid groups is 1. The van der Waals surface area contributed by atoms with Gasteiger partial charge in [0.05, 0.1) is 0 Å². The molecule has 0 saturated heterocycles. The molecule has 0 spiro atoms. The minimum Gasteiger partial charge on any atom is -0.822 e. The summed E-state index contributed by atoms with van der Waals surface area (Å²) in [5.41, 5.74) is 0. The Morgan fingerprint density at radius 2 is 0.875 bits per heavy atom. The fourth-order valence-corrected chi connectivity index (χ4v) is 0. The summed E-state index contributed by atoms with van der Waals surface area (Å²) in [5, 5.41) is 0. The molecule has 0 aromatic carbocycles. The van der Waals surface area contributed by atoms with E-state index in [4.69, 9.17) is 19.2 Å². The van der Waals surface area contributed by atoms with Crippen LogP contribution in [0.15, 0.2) is 0 Å². The second-order valence-corrected chi connectivity index (χ2v) is 1.34. The van der Waals surface area contributed by atoms with Crippen molar-refractivity contribution >= 4 is 7.82 Å². The molecule has 8 heavy (non-hydrogen) atoms. The number of hydrogen-bond acceptors (Lipinski definition) is 4. The van der Waals surface area contributed by atoms with Crippen molar-refractivity contribution in [3.63, 3.8) is 0 Å². The largest absolute Gasteiger partial charge is 0.822 e. The maximum absolute atomic E-state index is 8.55. The molecule has 0 N–H and O–H groups in total. The van der Waals surface area contributed by atoms with Gasteiger partial charge < -0.3 is 19.2 Å². The molecule has 0 aliphatic heterocycles. The summed E-state index contributed by atoms with van der Waals surface area (Å²) in [4.78, 5) is 25.6. The van der Waals surface area contributed by atoms with Crippen LogP contribution in [0.4, 0.5) is 0 Å². The first-order valence-electron chi connectivity index (χ1n) is 0.730. The van der Waals surface area contributed by atoms with Gasteiger partial charge >= 0.3 is 0 Å². The molecule has 0 fully saturated rings. The van der Waals surface area contributed by atoms with Crippen LogP contribution in [0, 0.1) is 0 Å². The molecule has 0 aliphatic rings. The van der Waals surface area contributed by atoms with Crippen LogP contribution in [0.5, 0.6) is 0 Å². The van der Waals surface area contributed by atoms with Crippen molar-refractivity contribution in [2.24, 2.45) is 0 Å². The minimum absolute atomic E-state index is 0. The molecule has 0 heterocycles. The Morgan fingerprint density at radius 1 is 0.875 bits per heavy atom. The summed E-state index contributed by atoms with van der Waals surface area (Å²) >= 11 is 0. The fraction of sp³-hybridized carbons (Fsp3) is 0. The molecular formula is Ni3O4P-3. The van der Waals surface area contributed by atoms with Gasteiger partial charge in [-0.25, -0.2) is 0 Å². The molecular weight excluding hydrogens is 271 g/mol. The van der Waals surface area contributed by atoms with E-state index in [1.165, 1.54) is 0 Å². The standard InChI is InChI=1S/3Ni.H3O4P/c;;;1-5(2,3)4/h;;;(H3,1,2,3,4)/p-3. The molecule has 0 aromatic heterocycles.